The molecule has 0 bridgehead atoms. The van der Waals surface area contributed by atoms with E-state index in [0.717, 1.165) is 5.12 Å². The third-order valence-corrected chi connectivity index (χ3v) is 0.878. The van der Waals surface area contributed by atoms with E-state index in [1.165, 1.54) is 13.8 Å². The van der Waals surface area contributed by atoms with Gasteiger partial charge in [-0.3, -0.25) is 25.2 Å². The van der Waals surface area contributed by atoms with Crippen molar-refractivity contribution in [3.63, 3.8) is 0 Å². The maximum absolute atomic E-state index is 10.5. The van der Waals surface area contributed by atoms with Crippen molar-refractivity contribution in [1.82, 2.24) is 16.0 Å². The molecule has 7 nitrogen and oxygen atoms in total. The molecule has 0 fully saturated rings. The molecule has 0 aromatic carbocycles. The smallest absolute Gasteiger partial charge is 0.321 e. The van der Waals surface area contributed by atoms with E-state index in [9.17, 15) is 14.4 Å². The number of hydrogen-bond acceptors (Lipinski definition) is 4. The summed E-state index contributed by atoms with van der Waals surface area (Å²) >= 11 is 0. The molecule has 0 radical (unpaired) electrons. The lowest BCUT2D eigenvalue weighted by Gasteiger charge is -2.19. The number of carboxylic acids is 1. The minimum atomic E-state index is -1.16. The van der Waals surface area contributed by atoms with Crippen molar-refractivity contribution < 1.29 is 19.5 Å². The van der Waals surface area contributed by atoms with Crippen LogP contribution in [0.15, 0.2) is 0 Å². The maximum atomic E-state index is 10.5. The highest BCUT2D eigenvalue weighted by Crippen LogP contribution is 1.77. The van der Waals surface area contributed by atoms with Gasteiger partial charge in [0.2, 0.25) is 11.8 Å². The van der Waals surface area contributed by atoms with Gasteiger partial charge in [-0.05, 0) is 0 Å². The van der Waals surface area contributed by atoms with E-state index in [-0.39, 0.29) is 0 Å². The second-order valence-electron chi connectivity index (χ2n) is 2.32. The highest BCUT2D eigenvalue weighted by molar-refractivity contribution is 5.76. The van der Waals surface area contributed by atoms with Gasteiger partial charge in [0.15, 0.2) is 0 Å². The van der Waals surface area contributed by atoms with E-state index >= 15 is 0 Å². The van der Waals surface area contributed by atoms with E-state index < -0.39 is 24.3 Å². The first-order chi connectivity index (χ1) is 5.91. The van der Waals surface area contributed by atoms with Gasteiger partial charge in [-0.15, -0.1) is 5.12 Å². The fourth-order valence-corrected chi connectivity index (χ4v) is 0.622. The van der Waals surface area contributed by atoms with Gasteiger partial charge in [-0.1, -0.05) is 0 Å². The fraction of sp³-hybridized carbons (Fsp3) is 0.500. The first-order valence-corrected chi connectivity index (χ1v) is 3.45. The average Bonchev–Trinajstić information content (AvgIpc) is 1.80. The van der Waals surface area contributed by atoms with Crippen molar-refractivity contribution in [2.75, 3.05) is 6.54 Å². The molecule has 0 unspecified atom stereocenters. The van der Waals surface area contributed by atoms with Crippen molar-refractivity contribution in [3.8, 4) is 0 Å². The van der Waals surface area contributed by atoms with Crippen LogP contribution in [0.3, 0.4) is 0 Å². The van der Waals surface area contributed by atoms with Crippen molar-refractivity contribution >= 4 is 17.8 Å². The largest absolute Gasteiger partial charge is 0.480 e. The van der Waals surface area contributed by atoms with Crippen molar-refractivity contribution in [2.45, 2.75) is 13.8 Å². The lowest BCUT2D eigenvalue weighted by Crippen LogP contribution is -2.53. The summed E-state index contributed by atoms with van der Waals surface area (Å²) in [4.78, 5) is 31.3. The van der Waals surface area contributed by atoms with Gasteiger partial charge in [-0.2, -0.15) is 0 Å². The molecule has 13 heavy (non-hydrogen) atoms. The second kappa shape index (κ2) is 5.09. The zero-order valence-corrected chi connectivity index (χ0v) is 7.33. The van der Waals surface area contributed by atoms with Crippen LogP contribution in [-0.2, 0) is 14.4 Å². The molecule has 2 amide bonds. The molecule has 7 heteroatoms. The van der Waals surface area contributed by atoms with Crippen LogP contribution in [0.2, 0.25) is 0 Å². The average molecular weight is 189 g/mol. The summed E-state index contributed by atoms with van der Waals surface area (Å²) in [5.74, 6) is -2.09. The fourth-order valence-electron chi connectivity index (χ4n) is 0.622. The third kappa shape index (κ3) is 6.76. The Morgan fingerprint density at radius 1 is 1.15 bits per heavy atom. The minimum Gasteiger partial charge on any atom is -0.480 e. The molecule has 0 rings (SSSR count). The molecule has 0 atom stereocenters. The third-order valence-electron chi connectivity index (χ3n) is 0.878. The predicted molar refractivity (Wildman–Crippen MR) is 42.0 cm³/mol. The summed E-state index contributed by atoms with van der Waals surface area (Å²) in [6.45, 7) is 1.91. The quantitative estimate of drug-likeness (QED) is 0.466. The number of hydrazine groups is 2. The number of aliphatic carboxylic acids is 1. The SMILES string of the molecule is CC(=O)NN(CC(=O)O)NC(C)=O. The lowest BCUT2D eigenvalue weighted by molar-refractivity contribution is -0.143. The Balaban J connectivity index is 4.10. The normalized spacial score (nSPS) is 9.46. The Kier molecular flexibility index (Phi) is 4.45. The van der Waals surface area contributed by atoms with Gasteiger partial charge < -0.3 is 5.11 Å². The molecule has 0 aromatic rings. The molecule has 0 aliphatic heterocycles. The molecule has 0 aromatic heterocycles. The highest BCUT2D eigenvalue weighted by Gasteiger charge is 2.10. The molecule has 74 valence electrons. The molecule has 3 N–H and O–H groups in total. The first-order valence-electron chi connectivity index (χ1n) is 3.45. The Morgan fingerprint density at radius 2 is 1.54 bits per heavy atom. The van der Waals surface area contributed by atoms with E-state index in [1.807, 2.05) is 0 Å². The minimum absolute atomic E-state index is 0.463. The number of nitrogens with one attached hydrogen (secondary N) is 2. The molecule has 0 saturated heterocycles. The number of hydrogen-bond donors (Lipinski definition) is 3. The van der Waals surface area contributed by atoms with Gasteiger partial charge in [0, 0.05) is 13.8 Å². The highest BCUT2D eigenvalue weighted by atomic mass is 16.4. The summed E-state index contributed by atoms with van der Waals surface area (Å²) in [7, 11) is 0. The predicted octanol–water partition coefficient (Wildman–Crippen LogP) is -1.52. The Labute approximate surface area is 74.6 Å². The van der Waals surface area contributed by atoms with E-state index in [2.05, 4.69) is 10.9 Å². The molecule has 0 saturated carbocycles. The zero-order chi connectivity index (χ0) is 10.4. The number of carboxylic acid groups (broad SMARTS) is 1. The van der Waals surface area contributed by atoms with Gasteiger partial charge in [0.25, 0.3) is 0 Å². The molecule has 0 heterocycles. The van der Waals surface area contributed by atoms with Gasteiger partial charge >= 0.3 is 5.97 Å². The number of nitrogens with zero attached hydrogens (tertiary/aromatic N) is 1. The van der Waals surface area contributed by atoms with E-state index in [4.69, 9.17) is 5.11 Å². The van der Waals surface area contributed by atoms with Gasteiger partial charge in [-0.25, -0.2) is 0 Å². The van der Waals surface area contributed by atoms with Crippen molar-refractivity contribution in [2.24, 2.45) is 0 Å². The van der Waals surface area contributed by atoms with Crippen LogP contribution in [0.4, 0.5) is 0 Å². The van der Waals surface area contributed by atoms with E-state index in [1.54, 1.807) is 0 Å². The Morgan fingerprint density at radius 3 is 1.77 bits per heavy atom. The maximum Gasteiger partial charge on any atom is 0.321 e. The Bertz CT molecular complexity index is 190. The van der Waals surface area contributed by atoms with Crippen LogP contribution >= 0.6 is 0 Å². The van der Waals surface area contributed by atoms with Crippen molar-refractivity contribution in [1.29, 1.82) is 0 Å². The summed E-state index contributed by atoms with van der Waals surface area (Å²) in [5, 5.41) is 9.16. The lowest BCUT2D eigenvalue weighted by atomic mass is 10.6. The van der Waals surface area contributed by atoms with Crippen LogP contribution in [0.25, 0.3) is 0 Å². The van der Waals surface area contributed by atoms with Crippen LogP contribution in [0.1, 0.15) is 13.8 Å². The summed E-state index contributed by atoms with van der Waals surface area (Å²) in [5.41, 5.74) is 4.25. The van der Waals surface area contributed by atoms with Crippen LogP contribution < -0.4 is 10.9 Å². The molecular formula is C6H11N3O4. The summed E-state index contributed by atoms with van der Waals surface area (Å²) in [6, 6.07) is 0. The Hall–Kier alpha value is -1.63. The second-order valence-corrected chi connectivity index (χ2v) is 2.32. The van der Waals surface area contributed by atoms with Crippen molar-refractivity contribution in [3.05, 3.63) is 0 Å². The number of carbonyl (C=O) groups excluding carboxylic acids is 2. The molecule has 0 spiro atoms. The monoisotopic (exact) mass is 189 g/mol. The summed E-state index contributed by atoms with van der Waals surface area (Å²) < 4.78 is 0. The molecular weight excluding hydrogens is 178 g/mol. The molecule has 0 aliphatic rings. The first kappa shape index (κ1) is 11.4. The topological polar surface area (TPSA) is 98.7 Å². The van der Waals surface area contributed by atoms with Crippen LogP contribution in [0.5, 0.6) is 0 Å². The number of carbonyl (C=O) groups is 3. The number of amides is 2. The van der Waals surface area contributed by atoms with Crippen LogP contribution in [0, 0.1) is 0 Å². The number of rotatable bonds is 4. The summed E-state index contributed by atoms with van der Waals surface area (Å²) in [6.07, 6.45) is 0. The van der Waals surface area contributed by atoms with Gasteiger partial charge in [0.05, 0.1) is 0 Å². The van der Waals surface area contributed by atoms with Crippen LogP contribution in [-0.4, -0.2) is 34.6 Å². The zero-order valence-electron chi connectivity index (χ0n) is 7.33. The molecule has 0 aliphatic carbocycles. The van der Waals surface area contributed by atoms with E-state index in [0.29, 0.717) is 0 Å². The van der Waals surface area contributed by atoms with Gasteiger partial charge in [0.1, 0.15) is 6.54 Å². The standard InChI is InChI=1S/C6H11N3O4/c1-4(10)7-9(3-6(12)13)8-5(2)11/h3H2,1-2H3,(H,7,10)(H,8,11)(H,12,13).